The van der Waals surface area contributed by atoms with Crippen molar-refractivity contribution < 1.29 is 9.13 Å². The van der Waals surface area contributed by atoms with Crippen LogP contribution >= 0.6 is 0 Å². The molecule has 0 spiro atoms. The summed E-state index contributed by atoms with van der Waals surface area (Å²) < 4.78 is 18.7. The Morgan fingerprint density at radius 1 is 1.44 bits per heavy atom. The smallest absolute Gasteiger partial charge is 0.165 e. The van der Waals surface area contributed by atoms with Crippen molar-refractivity contribution in [3.63, 3.8) is 0 Å². The number of methoxy groups -OCH3 is 1. The Balaban J connectivity index is 1.52. The van der Waals surface area contributed by atoms with Crippen LogP contribution in [-0.2, 0) is 6.54 Å². The van der Waals surface area contributed by atoms with Gasteiger partial charge in [-0.1, -0.05) is 6.07 Å². The summed E-state index contributed by atoms with van der Waals surface area (Å²) in [6, 6.07) is 10.8. The summed E-state index contributed by atoms with van der Waals surface area (Å²) >= 11 is 0. The van der Waals surface area contributed by atoms with Crippen LogP contribution in [0, 0.1) is 23.1 Å². The second kappa shape index (κ2) is 7.95. The van der Waals surface area contributed by atoms with E-state index in [9.17, 15) is 4.39 Å². The molecule has 0 saturated carbocycles. The van der Waals surface area contributed by atoms with Crippen LogP contribution in [0.4, 0.5) is 10.2 Å². The number of pyridine rings is 1. The summed E-state index contributed by atoms with van der Waals surface area (Å²) in [6.45, 7) is 3.42. The lowest BCUT2D eigenvalue weighted by molar-refractivity contribution is 0.317. The molecule has 2 heterocycles. The number of nitriles is 1. The van der Waals surface area contributed by atoms with Gasteiger partial charge in [-0.25, -0.2) is 9.37 Å². The largest absolute Gasteiger partial charge is 0.494 e. The van der Waals surface area contributed by atoms with Crippen molar-refractivity contribution in [3.05, 3.63) is 53.5 Å². The Kier molecular flexibility index (Phi) is 5.46. The Morgan fingerprint density at radius 3 is 3.08 bits per heavy atom. The maximum Gasteiger partial charge on any atom is 0.165 e. The van der Waals surface area contributed by atoms with Crippen molar-refractivity contribution >= 4 is 5.82 Å². The van der Waals surface area contributed by atoms with Crippen LogP contribution in [0.5, 0.6) is 5.75 Å². The number of benzene rings is 1. The molecule has 1 atom stereocenters. The summed E-state index contributed by atoms with van der Waals surface area (Å²) in [4.78, 5) is 6.54. The molecule has 1 N–H and O–H groups in total. The number of nitrogens with zero attached hydrogens (tertiary/aromatic N) is 3. The molecule has 2 aromatic rings. The molecular formula is C19H21FN4O. The summed E-state index contributed by atoms with van der Waals surface area (Å²) in [5, 5.41) is 12.4. The van der Waals surface area contributed by atoms with Gasteiger partial charge in [-0.2, -0.15) is 5.26 Å². The van der Waals surface area contributed by atoms with Crippen molar-refractivity contribution in [2.45, 2.75) is 13.0 Å². The summed E-state index contributed by atoms with van der Waals surface area (Å²) in [5.74, 6) is 1.07. The first-order valence-electron chi connectivity index (χ1n) is 8.33. The minimum absolute atomic E-state index is 0.274. The Morgan fingerprint density at radius 2 is 2.32 bits per heavy atom. The van der Waals surface area contributed by atoms with Gasteiger partial charge in [0, 0.05) is 25.8 Å². The number of likely N-dealkylation sites (tertiary alicyclic amines) is 1. The van der Waals surface area contributed by atoms with Gasteiger partial charge in [0.05, 0.1) is 12.7 Å². The number of nitrogens with one attached hydrogen (secondary N) is 1. The molecule has 25 heavy (non-hydrogen) atoms. The number of rotatable bonds is 6. The van der Waals surface area contributed by atoms with Crippen molar-refractivity contribution in [2.75, 3.05) is 32.1 Å². The number of hydrogen-bond acceptors (Lipinski definition) is 5. The molecule has 1 fully saturated rings. The molecule has 1 aromatic heterocycles. The molecule has 1 saturated heterocycles. The van der Waals surface area contributed by atoms with E-state index in [0.717, 1.165) is 38.2 Å². The molecule has 6 heteroatoms. The molecule has 1 aliphatic heterocycles. The first-order chi connectivity index (χ1) is 12.2. The van der Waals surface area contributed by atoms with Crippen LogP contribution in [0.25, 0.3) is 0 Å². The third-order valence-electron chi connectivity index (χ3n) is 4.48. The third-order valence-corrected chi connectivity index (χ3v) is 4.48. The fraction of sp³-hybridized carbons (Fsp3) is 0.368. The zero-order valence-corrected chi connectivity index (χ0v) is 14.2. The van der Waals surface area contributed by atoms with Crippen LogP contribution in [0.15, 0.2) is 36.5 Å². The van der Waals surface area contributed by atoms with Crippen molar-refractivity contribution in [1.29, 1.82) is 5.26 Å². The highest BCUT2D eigenvalue weighted by Gasteiger charge is 2.23. The summed E-state index contributed by atoms with van der Waals surface area (Å²) in [5.41, 5.74) is 1.51. The lowest BCUT2D eigenvalue weighted by atomic mass is 10.1. The van der Waals surface area contributed by atoms with E-state index in [1.165, 1.54) is 13.2 Å². The number of aromatic nitrogens is 1. The Labute approximate surface area is 147 Å². The van der Waals surface area contributed by atoms with Crippen LogP contribution in [0.1, 0.15) is 17.5 Å². The standard InChI is InChI=1S/C19H21FN4O/c1-25-18-5-4-14(9-17(18)20)12-24-8-6-15(13-24)11-23-19-16(10-21)3-2-7-22-19/h2-5,7,9,15H,6,8,11-13H2,1H3,(H,22,23)/t15-/m0/s1. The van der Waals surface area contributed by atoms with Gasteiger partial charge >= 0.3 is 0 Å². The second-order valence-corrected chi connectivity index (χ2v) is 6.25. The van der Waals surface area contributed by atoms with Gasteiger partial charge in [0.25, 0.3) is 0 Å². The SMILES string of the molecule is COc1ccc(CN2CC[C@@H](CNc3ncccc3C#N)C2)cc1F. The molecule has 0 unspecified atom stereocenters. The number of hydrogen-bond donors (Lipinski definition) is 1. The lowest BCUT2D eigenvalue weighted by Gasteiger charge is -2.17. The van der Waals surface area contributed by atoms with Gasteiger partial charge in [-0.05, 0) is 48.7 Å². The summed E-state index contributed by atoms with van der Waals surface area (Å²) in [6.07, 6.45) is 2.75. The fourth-order valence-corrected chi connectivity index (χ4v) is 3.17. The van der Waals surface area contributed by atoms with E-state index in [0.29, 0.717) is 17.3 Å². The highest BCUT2D eigenvalue weighted by molar-refractivity contribution is 5.51. The van der Waals surface area contributed by atoms with Gasteiger partial charge in [0.1, 0.15) is 11.9 Å². The van der Waals surface area contributed by atoms with Crippen molar-refractivity contribution in [2.24, 2.45) is 5.92 Å². The molecule has 0 bridgehead atoms. The predicted octanol–water partition coefficient (Wildman–Crippen LogP) is 3.03. The van der Waals surface area contributed by atoms with Gasteiger partial charge in [0.15, 0.2) is 11.6 Å². The van der Waals surface area contributed by atoms with E-state index in [4.69, 9.17) is 10.00 Å². The minimum Gasteiger partial charge on any atom is -0.494 e. The van der Waals surface area contributed by atoms with E-state index >= 15 is 0 Å². The zero-order valence-electron chi connectivity index (χ0n) is 14.2. The van der Waals surface area contributed by atoms with Crippen molar-refractivity contribution in [3.8, 4) is 11.8 Å². The summed E-state index contributed by atoms with van der Waals surface area (Å²) in [7, 11) is 1.47. The number of anilines is 1. The number of ether oxygens (including phenoxy) is 1. The molecule has 0 radical (unpaired) electrons. The molecule has 1 aromatic carbocycles. The van der Waals surface area contributed by atoms with Gasteiger partial charge in [-0.15, -0.1) is 0 Å². The average Bonchev–Trinajstić information content (AvgIpc) is 3.07. The zero-order chi connectivity index (χ0) is 17.6. The quantitative estimate of drug-likeness (QED) is 0.876. The third kappa shape index (κ3) is 4.25. The highest BCUT2D eigenvalue weighted by atomic mass is 19.1. The molecular weight excluding hydrogens is 319 g/mol. The van der Waals surface area contributed by atoms with E-state index < -0.39 is 0 Å². The van der Waals surface area contributed by atoms with E-state index in [1.807, 2.05) is 6.07 Å². The highest BCUT2D eigenvalue weighted by Crippen LogP contribution is 2.22. The van der Waals surface area contributed by atoms with Crippen LogP contribution in [-0.4, -0.2) is 36.6 Å². The van der Waals surface area contributed by atoms with Gasteiger partial charge < -0.3 is 10.1 Å². The van der Waals surface area contributed by atoms with E-state index in [1.54, 1.807) is 24.4 Å². The Bertz CT molecular complexity index is 774. The topological polar surface area (TPSA) is 61.2 Å². The van der Waals surface area contributed by atoms with E-state index in [-0.39, 0.29) is 11.6 Å². The van der Waals surface area contributed by atoms with Crippen LogP contribution in [0.3, 0.4) is 0 Å². The molecule has 1 aliphatic rings. The van der Waals surface area contributed by atoms with Gasteiger partial charge in [0.2, 0.25) is 0 Å². The predicted molar refractivity (Wildman–Crippen MR) is 93.8 cm³/mol. The monoisotopic (exact) mass is 340 g/mol. The van der Waals surface area contributed by atoms with Gasteiger partial charge in [-0.3, -0.25) is 4.90 Å². The maximum absolute atomic E-state index is 13.8. The van der Waals surface area contributed by atoms with Crippen molar-refractivity contribution in [1.82, 2.24) is 9.88 Å². The van der Waals surface area contributed by atoms with E-state index in [2.05, 4.69) is 21.3 Å². The fourth-order valence-electron chi connectivity index (χ4n) is 3.17. The molecule has 0 aliphatic carbocycles. The first kappa shape index (κ1) is 17.2. The molecule has 130 valence electrons. The minimum atomic E-state index is -0.323. The van der Waals surface area contributed by atoms with Crippen LogP contribution in [0.2, 0.25) is 0 Å². The molecule has 0 amide bonds. The average molecular weight is 340 g/mol. The lowest BCUT2D eigenvalue weighted by Crippen LogP contribution is -2.23. The first-order valence-corrected chi connectivity index (χ1v) is 8.33. The second-order valence-electron chi connectivity index (χ2n) is 6.25. The Hall–Kier alpha value is -2.65. The van der Waals surface area contributed by atoms with Crippen LogP contribution < -0.4 is 10.1 Å². The normalized spacial score (nSPS) is 17.2. The number of halogens is 1. The molecule has 5 nitrogen and oxygen atoms in total. The maximum atomic E-state index is 13.8. The molecule has 3 rings (SSSR count).